The first-order chi connectivity index (χ1) is 9.13. The van der Waals surface area contributed by atoms with Crippen molar-refractivity contribution >= 4 is 17.0 Å². The van der Waals surface area contributed by atoms with E-state index in [0.29, 0.717) is 5.56 Å². The van der Waals surface area contributed by atoms with Gasteiger partial charge < -0.3 is 5.32 Å². The van der Waals surface area contributed by atoms with Crippen LogP contribution >= 0.6 is 11.3 Å². The summed E-state index contributed by atoms with van der Waals surface area (Å²) in [5.41, 5.74) is 2.64. The summed E-state index contributed by atoms with van der Waals surface area (Å²) in [5, 5.41) is 13.6. The van der Waals surface area contributed by atoms with Gasteiger partial charge in [0, 0.05) is 11.1 Å². The molecule has 0 aliphatic rings. The van der Waals surface area contributed by atoms with Crippen LogP contribution in [0.15, 0.2) is 24.4 Å². The second kappa shape index (κ2) is 5.85. The second-order valence-electron chi connectivity index (χ2n) is 4.55. The third-order valence-corrected chi connectivity index (χ3v) is 4.28. The van der Waals surface area contributed by atoms with Gasteiger partial charge in [0.05, 0.1) is 17.3 Å². The summed E-state index contributed by atoms with van der Waals surface area (Å²) < 4.78 is 0. The monoisotopic (exact) mass is 271 g/mol. The molecule has 0 amide bonds. The number of benzene rings is 1. The molecule has 4 heteroatoms. The lowest BCUT2D eigenvalue weighted by Crippen LogP contribution is -2.07. The molecule has 1 aromatic heterocycles. The van der Waals surface area contributed by atoms with Crippen molar-refractivity contribution in [2.75, 3.05) is 5.32 Å². The standard InChI is InChI=1S/C15H17N3S/c1-4-13-9-17-15(19-13)11(3)18-14-6-5-10(2)7-12(14)8-16/h5-7,9,11,18H,4H2,1-3H3. The maximum atomic E-state index is 9.17. The van der Waals surface area contributed by atoms with Crippen molar-refractivity contribution in [3.63, 3.8) is 0 Å². The average Bonchev–Trinajstić information content (AvgIpc) is 2.89. The molecule has 0 aliphatic heterocycles. The van der Waals surface area contributed by atoms with Crippen LogP contribution in [-0.2, 0) is 6.42 Å². The first kappa shape index (κ1) is 13.6. The zero-order valence-corrected chi connectivity index (χ0v) is 12.2. The summed E-state index contributed by atoms with van der Waals surface area (Å²) in [4.78, 5) is 5.71. The molecular formula is C15H17N3S. The summed E-state index contributed by atoms with van der Waals surface area (Å²) in [6.07, 6.45) is 2.94. The number of nitrogens with one attached hydrogen (secondary N) is 1. The number of nitrogens with zero attached hydrogens (tertiary/aromatic N) is 2. The molecule has 0 saturated heterocycles. The molecule has 19 heavy (non-hydrogen) atoms. The van der Waals surface area contributed by atoms with E-state index in [9.17, 15) is 0 Å². The SMILES string of the molecule is CCc1cnc(C(C)Nc2ccc(C)cc2C#N)s1. The lowest BCUT2D eigenvalue weighted by Gasteiger charge is -2.14. The first-order valence-electron chi connectivity index (χ1n) is 6.36. The van der Waals surface area contributed by atoms with Gasteiger partial charge in [-0.05, 0) is 38.0 Å². The van der Waals surface area contributed by atoms with E-state index in [1.807, 2.05) is 31.3 Å². The molecule has 2 rings (SSSR count). The number of nitriles is 1. The first-order valence-corrected chi connectivity index (χ1v) is 7.17. The van der Waals surface area contributed by atoms with Crippen LogP contribution in [0.5, 0.6) is 0 Å². The summed E-state index contributed by atoms with van der Waals surface area (Å²) in [7, 11) is 0. The Morgan fingerprint density at radius 3 is 2.89 bits per heavy atom. The van der Waals surface area contributed by atoms with Crippen LogP contribution in [-0.4, -0.2) is 4.98 Å². The van der Waals surface area contributed by atoms with Gasteiger partial charge in [-0.1, -0.05) is 13.0 Å². The van der Waals surface area contributed by atoms with Gasteiger partial charge in [-0.15, -0.1) is 11.3 Å². The predicted molar refractivity (Wildman–Crippen MR) is 79.4 cm³/mol. The number of aryl methyl sites for hydroxylation is 2. The van der Waals surface area contributed by atoms with Gasteiger partial charge in [0.1, 0.15) is 11.1 Å². The van der Waals surface area contributed by atoms with Gasteiger partial charge in [0.15, 0.2) is 0 Å². The van der Waals surface area contributed by atoms with Crippen LogP contribution < -0.4 is 5.32 Å². The molecule has 0 fully saturated rings. The van der Waals surface area contributed by atoms with Crippen LogP contribution in [0.1, 0.15) is 40.9 Å². The molecule has 1 unspecified atom stereocenters. The maximum absolute atomic E-state index is 9.17. The van der Waals surface area contributed by atoms with Gasteiger partial charge in [-0.25, -0.2) is 4.98 Å². The van der Waals surface area contributed by atoms with Gasteiger partial charge in [-0.3, -0.25) is 0 Å². The topological polar surface area (TPSA) is 48.7 Å². The fraction of sp³-hybridized carbons (Fsp3) is 0.333. The summed E-state index contributed by atoms with van der Waals surface area (Å²) in [6.45, 7) is 6.19. The van der Waals surface area contributed by atoms with E-state index in [2.05, 4.69) is 30.2 Å². The highest BCUT2D eigenvalue weighted by Gasteiger charge is 2.12. The van der Waals surface area contributed by atoms with Crippen LogP contribution in [0.25, 0.3) is 0 Å². The highest BCUT2D eigenvalue weighted by molar-refractivity contribution is 7.11. The van der Waals surface area contributed by atoms with Crippen molar-refractivity contribution in [3.8, 4) is 6.07 Å². The molecular weight excluding hydrogens is 254 g/mol. The van der Waals surface area contributed by atoms with E-state index in [0.717, 1.165) is 22.7 Å². The van der Waals surface area contributed by atoms with E-state index in [-0.39, 0.29) is 6.04 Å². The second-order valence-corrected chi connectivity index (χ2v) is 5.69. The van der Waals surface area contributed by atoms with Crippen molar-refractivity contribution in [3.05, 3.63) is 45.4 Å². The minimum absolute atomic E-state index is 0.111. The summed E-state index contributed by atoms with van der Waals surface area (Å²) in [5.74, 6) is 0. The minimum Gasteiger partial charge on any atom is -0.375 e. The van der Waals surface area contributed by atoms with Gasteiger partial charge in [0.2, 0.25) is 0 Å². The highest BCUT2D eigenvalue weighted by Crippen LogP contribution is 2.26. The van der Waals surface area contributed by atoms with E-state index >= 15 is 0 Å². The number of hydrogen-bond donors (Lipinski definition) is 1. The Kier molecular flexibility index (Phi) is 4.18. The number of aromatic nitrogens is 1. The van der Waals surface area contributed by atoms with Crippen LogP contribution in [0.4, 0.5) is 5.69 Å². The van der Waals surface area contributed by atoms with E-state index in [4.69, 9.17) is 5.26 Å². The predicted octanol–water partition coefficient (Wildman–Crippen LogP) is 4.06. The number of thiazole rings is 1. The zero-order chi connectivity index (χ0) is 13.8. The molecule has 2 aromatic rings. The van der Waals surface area contributed by atoms with Crippen molar-refractivity contribution in [1.29, 1.82) is 5.26 Å². The Bertz CT molecular complexity index is 610. The van der Waals surface area contributed by atoms with E-state index < -0.39 is 0 Å². The number of rotatable bonds is 4. The fourth-order valence-corrected chi connectivity index (χ4v) is 2.72. The van der Waals surface area contributed by atoms with Crippen molar-refractivity contribution in [1.82, 2.24) is 4.98 Å². The number of hydrogen-bond acceptors (Lipinski definition) is 4. The molecule has 0 spiro atoms. The zero-order valence-electron chi connectivity index (χ0n) is 11.4. The Labute approximate surface area is 117 Å². The third-order valence-electron chi connectivity index (χ3n) is 2.96. The van der Waals surface area contributed by atoms with Crippen molar-refractivity contribution < 1.29 is 0 Å². The molecule has 0 saturated carbocycles. The number of anilines is 1. The van der Waals surface area contributed by atoms with Crippen LogP contribution in [0, 0.1) is 18.3 Å². The molecule has 98 valence electrons. The third kappa shape index (κ3) is 3.12. The van der Waals surface area contributed by atoms with Crippen LogP contribution in [0.3, 0.4) is 0 Å². The lowest BCUT2D eigenvalue weighted by atomic mass is 10.1. The lowest BCUT2D eigenvalue weighted by molar-refractivity contribution is 0.868. The smallest absolute Gasteiger partial charge is 0.115 e. The molecule has 0 bridgehead atoms. The Hall–Kier alpha value is -1.86. The van der Waals surface area contributed by atoms with Gasteiger partial charge in [0.25, 0.3) is 0 Å². The maximum Gasteiger partial charge on any atom is 0.115 e. The summed E-state index contributed by atoms with van der Waals surface area (Å²) in [6, 6.07) is 8.20. The molecule has 1 atom stereocenters. The van der Waals surface area contributed by atoms with Gasteiger partial charge >= 0.3 is 0 Å². The van der Waals surface area contributed by atoms with Crippen molar-refractivity contribution in [2.24, 2.45) is 0 Å². The van der Waals surface area contributed by atoms with E-state index in [1.165, 1.54) is 4.88 Å². The Morgan fingerprint density at radius 2 is 2.26 bits per heavy atom. The van der Waals surface area contributed by atoms with E-state index in [1.54, 1.807) is 11.3 Å². The van der Waals surface area contributed by atoms with Gasteiger partial charge in [-0.2, -0.15) is 5.26 Å². The van der Waals surface area contributed by atoms with Crippen molar-refractivity contribution in [2.45, 2.75) is 33.2 Å². The fourth-order valence-electron chi connectivity index (χ4n) is 1.86. The quantitative estimate of drug-likeness (QED) is 0.912. The highest BCUT2D eigenvalue weighted by atomic mass is 32.1. The normalized spacial score (nSPS) is 11.9. The largest absolute Gasteiger partial charge is 0.375 e. The summed E-state index contributed by atoms with van der Waals surface area (Å²) >= 11 is 1.72. The molecule has 1 aromatic carbocycles. The Balaban J connectivity index is 2.19. The molecule has 0 radical (unpaired) electrons. The van der Waals surface area contributed by atoms with Crippen LogP contribution in [0.2, 0.25) is 0 Å². The Morgan fingerprint density at radius 1 is 1.47 bits per heavy atom. The molecule has 3 nitrogen and oxygen atoms in total. The molecule has 1 N–H and O–H groups in total. The minimum atomic E-state index is 0.111. The molecule has 1 heterocycles. The average molecular weight is 271 g/mol. The molecule has 0 aliphatic carbocycles.